The third-order valence-electron chi connectivity index (χ3n) is 4.10. The summed E-state index contributed by atoms with van der Waals surface area (Å²) in [5.74, 6) is -0.479. The van der Waals surface area contributed by atoms with E-state index in [-0.39, 0.29) is 36.0 Å². The summed E-state index contributed by atoms with van der Waals surface area (Å²) in [4.78, 5) is 28.3. The van der Waals surface area contributed by atoms with Crippen molar-refractivity contribution in [1.29, 1.82) is 0 Å². The van der Waals surface area contributed by atoms with Gasteiger partial charge in [0.15, 0.2) is 9.84 Å². The maximum Gasteiger partial charge on any atom is 0.306 e. The smallest absolute Gasteiger partial charge is 0.306 e. The number of carbonyl (C=O) groups is 1. The fourth-order valence-corrected chi connectivity index (χ4v) is 4.73. The summed E-state index contributed by atoms with van der Waals surface area (Å²) >= 11 is 0. The monoisotopic (exact) mass is 350 g/mol. The number of aryl methyl sites for hydroxylation is 1. The highest BCUT2D eigenvalue weighted by molar-refractivity contribution is 7.91. The first-order valence-corrected chi connectivity index (χ1v) is 9.50. The van der Waals surface area contributed by atoms with E-state index in [4.69, 9.17) is 4.74 Å². The van der Waals surface area contributed by atoms with Gasteiger partial charge in [0, 0.05) is 18.7 Å². The Balaban J connectivity index is 1.66. The lowest BCUT2D eigenvalue weighted by Crippen LogP contribution is -2.18. The molecule has 24 heavy (non-hydrogen) atoms. The predicted molar refractivity (Wildman–Crippen MR) is 87.4 cm³/mol. The highest BCUT2D eigenvalue weighted by Crippen LogP contribution is 2.22. The Labute approximate surface area is 139 Å². The average molecular weight is 350 g/mol. The summed E-state index contributed by atoms with van der Waals surface area (Å²) in [6, 6.07) is 4.94. The topological polar surface area (TPSA) is 94.8 Å². The number of nitrogens with zero attached hydrogens (tertiary/aromatic N) is 2. The van der Waals surface area contributed by atoms with E-state index in [1.807, 2.05) is 13.0 Å². The fraction of sp³-hybridized carbons (Fsp3) is 0.438. The molecule has 0 amide bonds. The Hall–Kier alpha value is -2.22. The van der Waals surface area contributed by atoms with Crippen LogP contribution >= 0.6 is 0 Å². The van der Waals surface area contributed by atoms with E-state index in [1.54, 1.807) is 12.3 Å². The SMILES string of the molecule is Cc1cccn2c(=O)cc(COC(=O)C[C@@H]3CCS(=O)(=O)C3)nc12. The molecule has 0 bridgehead atoms. The molecule has 3 rings (SSSR count). The summed E-state index contributed by atoms with van der Waals surface area (Å²) in [5, 5.41) is 0. The lowest BCUT2D eigenvalue weighted by atomic mass is 10.1. The first kappa shape index (κ1) is 16.6. The highest BCUT2D eigenvalue weighted by atomic mass is 32.2. The number of fused-ring (bicyclic) bond motifs is 1. The van der Waals surface area contributed by atoms with Gasteiger partial charge in [-0.05, 0) is 30.9 Å². The van der Waals surface area contributed by atoms with E-state index in [1.165, 1.54) is 10.5 Å². The van der Waals surface area contributed by atoms with E-state index in [0.717, 1.165) is 5.56 Å². The van der Waals surface area contributed by atoms with Crippen LogP contribution in [0, 0.1) is 12.8 Å². The molecule has 1 fully saturated rings. The molecule has 1 atom stereocenters. The van der Waals surface area contributed by atoms with Crippen LogP contribution in [-0.4, -0.2) is 35.3 Å². The number of hydrogen-bond donors (Lipinski definition) is 0. The Morgan fingerprint density at radius 3 is 2.96 bits per heavy atom. The number of sulfone groups is 1. The summed E-state index contributed by atoms with van der Waals surface area (Å²) < 4.78 is 29.4. The summed E-state index contributed by atoms with van der Waals surface area (Å²) in [6.07, 6.45) is 2.20. The van der Waals surface area contributed by atoms with Gasteiger partial charge >= 0.3 is 5.97 Å². The van der Waals surface area contributed by atoms with Crippen molar-refractivity contribution in [2.45, 2.75) is 26.4 Å². The van der Waals surface area contributed by atoms with Gasteiger partial charge in [0.25, 0.3) is 5.56 Å². The van der Waals surface area contributed by atoms with Crippen molar-refractivity contribution < 1.29 is 17.9 Å². The molecule has 0 aliphatic carbocycles. The molecule has 128 valence electrons. The van der Waals surface area contributed by atoms with Gasteiger partial charge in [-0.25, -0.2) is 13.4 Å². The van der Waals surface area contributed by atoms with Crippen LogP contribution in [-0.2, 0) is 26.0 Å². The maximum absolute atomic E-state index is 12.1. The maximum atomic E-state index is 12.1. The van der Waals surface area contributed by atoms with Crippen molar-refractivity contribution in [3.63, 3.8) is 0 Å². The van der Waals surface area contributed by atoms with Crippen LogP contribution < -0.4 is 5.56 Å². The van der Waals surface area contributed by atoms with Gasteiger partial charge in [0.1, 0.15) is 12.3 Å². The number of hydrogen-bond acceptors (Lipinski definition) is 6. The van der Waals surface area contributed by atoms with E-state index in [2.05, 4.69) is 4.98 Å². The molecule has 1 saturated heterocycles. The highest BCUT2D eigenvalue weighted by Gasteiger charge is 2.29. The van der Waals surface area contributed by atoms with Crippen molar-refractivity contribution in [3.05, 3.63) is 46.0 Å². The average Bonchev–Trinajstić information content (AvgIpc) is 2.85. The second-order valence-corrected chi connectivity index (χ2v) is 8.33. The van der Waals surface area contributed by atoms with Gasteiger partial charge in [0.05, 0.1) is 17.2 Å². The standard InChI is InChI=1S/C16H18N2O5S/c1-11-3-2-5-18-14(19)8-13(17-16(11)18)9-23-15(20)7-12-4-6-24(21,22)10-12/h2-3,5,8,12H,4,6-7,9-10H2,1H3/t12-/m0/s1. The summed E-state index contributed by atoms with van der Waals surface area (Å²) in [7, 11) is -3.01. The van der Waals surface area contributed by atoms with Crippen molar-refractivity contribution in [3.8, 4) is 0 Å². The molecular formula is C16H18N2O5S. The van der Waals surface area contributed by atoms with Crippen LogP contribution in [0.15, 0.2) is 29.2 Å². The normalized spacial score (nSPS) is 19.5. The summed E-state index contributed by atoms with van der Waals surface area (Å²) in [6.45, 7) is 1.75. The van der Waals surface area contributed by atoms with Crippen molar-refractivity contribution in [2.75, 3.05) is 11.5 Å². The molecule has 2 aromatic heterocycles. The third kappa shape index (κ3) is 3.64. The zero-order valence-corrected chi connectivity index (χ0v) is 14.1. The number of carbonyl (C=O) groups excluding carboxylic acids is 1. The minimum Gasteiger partial charge on any atom is -0.459 e. The zero-order chi connectivity index (χ0) is 17.3. The van der Waals surface area contributed by atoms with Crippen molar-refractivity contribution in [1.82, 2.24) is 9.38 Å². The molecule has 1 aliphatic rings. The van der Waals surface area contributed by atoms with Crippen LogP contribution in [0.1, 0.15) is 24.1 Å². The molecular weight excluding hydrogens is 332 g/mol. The molecule has 2 aromatic rings. The molecule has 0 radical (unpaired) electrons. The second-order valence-electron chi connectivity index (χ2n) is 6.10. The Morgan fingerprint density at radius 1 is 1.46 bits per heavy atom. The van der Waals surface area contributed by atoms with E-state index < -0.39 is 15.8 Å². The minimum atomic E-state index is -3.01. The molecule has 7 nitrogen and oxygen atoms in total. The molecule has 0 saturated carbocycles. The molecule has 0 unspecified atom stereocenters. The van der Waals surface area contributed by atoms with E-state index >= 15 is 0 Å². The molecule has 1 aliphatic heterocycles. The number of aromatic nitrogens is 2. The number of esters is 1. The Kier molecular flexibility index (Phi) is 4.40. The molecule has 0 N–H and O–H groups in total. The molecule has 8 heteroatoms. The number of rotatable bonds is 4. The zero-order valence-electron chi connectivity index (χ0n) is 13.3. The van der Waals surface area contributed by atoms with Gasteiger partial charge in [-0.3, -0.25) is 14.0 Å². The van der Waals surface area contributed by atoms with Gasteiger partial charge in [0.2, 0.25) is 0 Å². The van der Waals surface area contributed by atoms with Crippen LogP contribution in [0.3, 0.4) is 0 Å². The minimum absolute atomic E-state index is 0.0386. The Morgan fingerprint density at radius 2 is 2.25 bits per heavy atom. The molecule has 0 aromatic carbocycles. The summed E-state index contributed by atoms with van der Waals surface area (Å²) in [5.41, 5.74) is 1.51. The molecule has 0 spiro atoms. The number of ether oxygens (including phenoxy) is 1. The van der Waals surface area contributed by atoms with E-state index in [0.29, 0.717) is 17.8 Å². The quantitative estimate of drug-likeness (QED) is 0.760. The van der Waals surface area contributed by atoms with Crippen LogP contribution in [0.4, 0.5) is 0 Å². The van der Waals surface area contributed by atoms with Crippen LogP contribution in [0.5, 0.6) is 0 Å². The second kappa shape index (κ2) is 6.35. The molecule has 3 heterocycles. The number of pyridine rings is 1. The lowest BCUT2D eigenvalue weighted by molar-refractivity contribution is -0.146. The van der Waals surface area contributed by atoms with Gasteiger partial charge < -0.3 is 4.74 Å². The first-order chi connectivity index (χ1) is 11.3. The van der Waals surface area contributed by atoms with Gasteiger partial charge in [-0.2, -0.15) is 0 Å². The fourth-order valence-electron chi connectivity index (χ4n) is 2.86. The third-order valence-corrected chi connectivity index (χ3v) is 5.94. The van der Waals surface area contributed by atoms with Gasteiger partial charge in [-0.15, -0.1) is 0 Å². The van der Waals surface area contributed by atoms with Crippen molar-refractivity contribution >= 4 is 21.5 Å². The van der Waals surface area contributed by atoms with Gasteiger partial charge in [-0.1, -0.05) is 6.07 Å². The van der Waals surface area contributed by atoms with Crippen molar-refractivity contribution in [2.24, 2.45) is 5.92 Å². The lowest BCUT2D eigenvalue weighted by Gasteiger charge is -2.09. The predicted octanol–water partition coefficient (Wildman–Crippen LogP) is 0.871. The van der Waals surface area contributed by atoms with Crippen LogP contribution in [0.2, 0.25) is 0 Å². The van der Waals surface area contributed by atoms with E-state index in [9.17, 15) is 18.0 Å². The largest absolute Gasteiger partial charge is 0.459 e. The Bertz CT molecular complexity index is 949. The van der Waals surface area contributed by atoms with Crippen LogP contribution in [0.25, 0.3) is 5.65 Å². The first-order valence-electron chi connectivity index (χ1n) is 7.68.